The van der Waals surface area contributed by atoms with E-state index in [0.717, 1.165) is 12.2 Å². The van der Waals surface area contributed by atoms with Crippen molar-refractivity contribution in [2.45, 2.75) is 6.42 Å². The van der Waals surface area contributed by atoms with Crippen molar-refractivity contribution in [3.63, 3.8) is 0 Å². The first kappa shape index (κ1) is 8.74. The number of rotatable bonds is 2. The summed E-state index contributed by atoms with van der Waals surface area (Å²) in [6.45, 7) is 0. The zero-order valence-corrected chi connectivity index (χ0v) is 8.96. The Hall–Kier alpha value is -1.54. The molecule has 0 aliphatic rings. The van der Waals surface area contributed by atoms with E-state index in [4.69, 9.17) is 4.42 Å². The van der Waals surface area contributed by atoms with Crippen LogP contribution in [0.2, 0.25) is 0 Å². The molecule has 3 rings (SSSR count). The van der Waals surface area contributed by atoms with Gasteiger partial charge in [0.25, 0.3) is 0 Å². The maximum atomic E-state index is 5.60. The van der Waals surface area contributed by atoms with Crippen LogP contribution in [0, 0.1) is 0 Å². The van der Waals surface area contributed by atoms with Crippen LogP contribution in [0.4, 0.5) is 0 Å². The predicted octanol–water partition coefficient (Wildman–Crippen LogP) is 4.09. The van der Waals surface area contributed by atoms with Gasteiger partial charge in [-0.25, -0.2) is 0 Å². The molecule has 0 aliphatic heterocycles. The van der Waals surface area contributed by atoms with Crippen molar-refractivity contribution in [2.75, 3.05) is 0 Å². The molecule has 0 fully saturated rings. The van der Waals surface area contributed by atoms with Gasteiger partial charge in [0, 0.05) is 22.1 Å². The van der Waals surface area contributed by atoms with E-state index in [1.165, 1.54) is 15.6 Å². The first-order valence-corrected chi connectivity index (χ1v) is 5.79. The van der Waals surface area contributed by atoms with Gasteiger partial charge in [0.05, 0.1) is 6.26 Å². The lowest BCUT2D eigenvalue weighted by molar-refractivity contribution is 0.527. The van der Waals surface area contributed by atoms with Gasteiger partial charge in [0.1, 0.15) is 5.76 Å². The largest absolute Gasteiger partial charge is 0.468 e. The van der Waals surface area contributed by atoms with Gasteiger partial charge in [0.15, 0.2) is 0 Å². The molecule has 0 spiro atoms. The van der Waals surface area contributed by atoms with Crippen LogP contribution in [0.1, 0.15) is 10.6 Å². The lowest BCUT2D eigenvalue weighted by Gasteiger charge is -1.94. The molecule has 0 aliphatic carbocycles. The predicted molar refractivity (Wildman–Crippen MR) is 63.3 cm³/mol. The summed E-state index contributed by atoms with van der Waals surface area (Å²) < 4.78 is 5.60. The molecule has 2 aromatic heterocycles. The molecule has 74 valence electrons. The van der Waals surface area contributed by atoms with Gasteiger partial charge in [-0.15, -0.1) is 11.3 Å². The zero-order chi connectivity index (χ0) is 10.1. The van der Waals surface area contributed by atoms with Crippen molar-refractivity contribution in [1.82, 2.24) is 0 Å². The van der Waals surface area contributed by atoms with Gasteiger partial charge in [-0.1, -0.05) is 30.3 Å². The minimum absolute atomic E-state index is 0.894. The summed E-state index contributed by atoms with van der Waals surface area (Å²) in [5.41, 5.74) is 0. The average molecular weight is 214 g/mol. The third kappa shape index (κ3) is 1.57. The maximum Gasteiger partial charge on any atom is 0.116 e. The molecule has 3 aromatic rings. The standard InChI is InChI=1S/C13H10OS/c1-2-6-12-10(4-1)9-14-13(12)8-11-5-3-7-15-11/h1-7,9H,8H2. The van der Waals surface area contributed by atoms with Crippen molar-refractivity contribution in [3.8, 4) is 0 Å². The number of hydrogen-bond donors (Lipinski definition) is 0. The highest BCUT2D eigenvalue weighted by Crippen LogP contribution is 2.24. The van der Waals surface area contributed by atoms with Crippen LogP contribution in [-0.2, 0) is 6.42 Å². The average Bonchev–Trinajstić information content (AvgIpc) is 2.89. The summed E-state index contributed by atoms with van der Waals surface area (Å²) >= 11 is 1.77. The topological polar surface area (TPSA) is 13.1 Å². The molecule has 1 aromatic carbocycles. The van der Waals surface area contributed by atoms with Crippen LogP contribution >= 0.6 is 11.3 Å². The molecule has 15 heavy (non-hydrogen) atoms. The molecule has 2 heterocycles. The molecule has 0 radical (unpaired) electrons. The molecular formula is C13H10OS. The molecule has 1 nitrogen and oxygen atoms in total. The van der Waals surface area contributed by atoms with Crippen LogP contribution < -0.4 is 0 Å². The van der Waals surface area contributed by atoms with Crippen LogP contribution in [0.3, 0.4) is 0 Å². The maximum absolute atomic E-state index is 5.60. The summed E-state index contributed by atoms with van der Waals surface area (Å²) in [5, 5.41) is 4.51. The molecule has 0 bridgehead atoms. The van der Waals surface area contributed by atoms with Crippen LogP contribution in [0.5, 0.6) is 0 Å². The van der Waals surface area contributed by atoms with E-state index in [0.29, 0.717) is 0 Å². The zero-order valence-electron chi connectivity index (χ0n) is 8.14. The molecule has 0 N–H and O–H groups in total. The van der Waals surface area contributed by atoms with Crippen LogP contribution in [0.25, 0.3) is 10.8 Å². The van der Waals surface area contributed by atoms with Gasteiger partial charge in [-0.05, 0) is 11.4 Å². The van der Waals surface area contributed by atoms with E-state index in [-0.39, 0.29) is 0 Å². The SMILES string of the molecule is c1csc(Cc2occ3ccccc23)c1. The molecule has 0 saturated carbocycles. The number of benzene rings is 1. The van der Waals surface area contributed by atoms with E-state index >= 15 is 0 Å². The third-order valence-electron chi connectivity index (χ3n) is 2.50. The lowest BCUT2D eigenvalue weighted by atomic mass is 10.1. The molecule has 0 amide bonds. The summed E-state index contributed by atoms with van der Waals surface area (Å²) in [6, 6.07) is 12.5. The Labute approximate surface area is 92.0 Å². The second kappa shape index (κ2) is 3.55. The number of furan rings is 1. The van der Waals surface area contributed by atoms with Crippen molar-refractivity contribution >= 4 is 22.1 Å². The second-order valence-electron chi connectivity index (χ2n) is 3.50. The van der Waals surface area contributed by atoms with Crippen LogP contribution in [0.15, 0.2) is 52.5 Å². The van der Waals surface area contributed by atoms with E-state index in [2.05, 4.69) is 35.7 Å². The first-order valence-electron chi connectivity index (χ1n) is 4.91. The molecule has 0 unspecified atom stereocenters. The summed E-state index contributed by atoms with van der Waals surface area (Å²) in [4.78, 5) is 1.34. The molecular weight excluding hydrogens is 204 g/mol. The first-order chi connectivity index (χ1) is 7.43. The lowest BCUT2D eigenvalue weighted by Crippen LogP contribution is -1.80. The normalized spacial score (nSPS) is 10.9. The van der Waals surface area contributed by atoms with E-state index in [9.17, 15) is 0 Å². The van der Waals surface area contributed by atoms with Crippen molar-refractivity contribution < 1.29 is 4.42 Å². The van der Waals surface area contributed by atoms with Crippen molar-refractivity contribution in [1.29, 1.82) is 0 Å². The van der Waals surface area contributed by atoms with E-state index in [1.54, 1.807) is 11.3 Å². The van der Waals surface area contributed by atoms with E-state index in [1.807, 2.05) is 12.3 Å². The number of hydrogen-bond acceptors (Lipinski definition) is 2. The van der Waals surface area contributed by atoms with Gasteiger partial charge in [-0.2, -0.15) is 0 Å². The van der Waals surface area contributed by atoms with Gasteiger partial charge in [-0.3, -0.25) is 0 Å². The van der Waals surface area contributed by atoms with Crippen molar-refractivity contribution in [2.24, 2.45) is 0 Å². The van der Waals surface area contributed by atoms with Gasteiger partial charge >= 0.3 is 0 Å². The summed E-state index contributed by atoms with van der Waals surface area (Å²) in [5.74, 6) is 1.06. The highest BCUT2D eigenvalue weighted by Gasteiger charge is 2.06. The quantitative estimate of drug-likeness (QED) is 0.626. The Kier molecular flexibility index (Phi) is 2.07. The fraction of sp³-hybridized carbons (Fsp3) is 0.0769. The monoisotopic (exact) mass is 214 g/mol. The third-order valence-corrected chi connectivity index (χ3v) is 3.38. The minimum atomic E-state index is 0.894. The fourth-order valence-electron chi connectivity index (χ4n) is 1.76. The Morgan fingerprint density at radius 2 is 2.00 bits per heavy atom. The molecule has 2 heteroatoms. The van der Waals surface area contributed by atoms with Gasteiger partial charge in [0.2, 0.25) is 0 Å². The molecule has 0 saturated heterocycles. The highest BCUT2D eigenvalue weighted by atomic mass is 32.1. The fourth-order valence-corrected chi connectivity index (χ4v) is 2.46. The Balaban J connectivity index is 2.05. The second-order valence-corrected chi connectivity index (χ2v) is 4.53. The summed E-state index contributed by atoms with van der Waals surface area (Å²) in [7, 11) is 0. The van der Waals surface area contributed by atoms with Crippen molar-refractivity contribution in [3.05, 3.63) is 58.7 Å². The van der Waals surface area contributed by atoms with E-state index < -0.39 is 0 Å². The molecule has 0 atom stereocenters. The number of fused-ring (bicyclic) bond motifs is 1. The number of thiophene rings is 1. The Bertz CT molecular complexity index is 563. The Morgan fingerprint density at radius 3 is 2.87 bits per heavy atom. The smallest absolute Gasteiger partial charge is 0.116 e. The highest BCUT2D eigenvalue weighted by molar-refractivity contribution is 7.09. The minimum Gasteiger partial charge on any atom is -0.468 e. The van der Waals surface area contributed by atoms with Crippen LogP contribution in [-0.4, -0.2) is 0 Å². The Morgan fingerprint density at radius 1 is 1.07 bits per heavy atom. The summed E-state index contributed by atoms with van der Waals surface area (Å²) in [6.07, 6.45) is 2.73. The van der Waals surface area contributed by atoms with Gasteiger partial charge < -0.3 is 4.42 Å².